The smallest absolute Gasteiger partial charge is 0.199 e. The Kier molecular flexibility index (Phi) is 2.53. The molecule has 0 aromatic carbocycles. The zero-order valence-corrected chi connectivity index (χ0v) is 7.14. The molecule has 0 amide bonds. The summed E-state index contributed by atoms with van der Waals surface area (Å²) in [5.74, 6) is 0.407. The maximum atomic E-state index is 7.28. The van der Waals surface area contributed by atoms with Gasteiger partial charge in [0.25, 0.3) is 0 Å². The maximum Gasteiger partial charge on any atom is 0.199 e. The molecule has 0 aliphatic heterocycles. The van der Waals surface area contributed by atoms with Crippen molar-refractivity contribution < 1.29 is 4.42 Å². The molecule has 6 N–H and O–H groups in total. The van der Waals surface area contributed by atoms with E-state index in [0.29, 0.717) is 5.69 Å². The molecule has 0 atom stereocenters. The highest BCUT2D eigenvalue weighted by molar-refractivity contribution is 6.01. The fourth-order valence-corrected chi connectivity index (χ4v) is 0.819. The Hall–Kier alpha value is -1.98. The number of nitrogens with two attached hydrogens (primary N) is 1. The number of hydrogen-bond acceptors (Lipinski definition) is 3. The van der Waals surface area contributed by atoms with Crippen molar-refractivity contribution >= 4 is 17.6 Å². The summed E-state index contributed by atoms with van der Waals surface area (Å²) >= 11 is 0. The Labute approximate surface area is 75.1 Å². The molecule has 1 aromatic rings. The number of hydrogen-bond donors (Lipinski definition) is 5. The lowest BCUT2D eigenvalue weighted by Gasteiger charge is -2.05. The van der Waals surface area contributed by atoms with Crippen molar-refractivity contribution in [2.24, 2.45) is 5.73 Å². The van der Waals surface area contributed by atoms with E-state index >= 15 is 0 Å². The molecule has 1 heterocycles. The number of rotatable bonds is 1. The Morgan fingerprint density at radius 2 is 2.23 bits per heavy atom. The van der Waals surface area contributed by atoms with Crippen molar-refractivity contribution in [2.45, 2.75) is 6.92 Å². The third-order valence-electron chi connectivity index (χ3n) is 1.26. The van der Waals surface area contributed by atoms with E-state index in [-0.39, 0.29) is 11.9 Å². The molecule has 0 spiro atoms. The molecule has 0 saturated heterocycles. The fraction of sp³-hybridized carbons (Fsp3) is 0.143. The molecule has 6 nitrogen and oxygen atoms in total. The SMILES string of the molecule is Cc1cc(NC(=N)NC(=N)N)co1. The van der Waals surface area contributed by atoms with Crippen LogP contribution in [0.3, 0.4) is 0 Å². The van der Waals surface area contributed by atoms with Crippen LogP contribution in [0.25, 0.3) is 0 Å². The second-order valence-corrected chi connectivity index (χ2v) is 2.48. The number of furan rings is 1. The molecule has 0 unspecified atom stereocenters. The van der Waals surface area contributed by atoms with Gasteiger partial charge in [-0.3, -0.25) is 16.1 Å². The summed E-state index contributed by atoms with van der Waals surface area (Å²) in [5.41, 5.74) is 5.67. The van der Waals surface area contributed by atoms with Crippen LogP contribution in [0.4, 0.5) is 5.69 Å². The van der Waals surface area contributed by atoms with E-state index in [2.05, 4.69) is 10.6 Å². The Morgan fingerprint density at radius 3 is 2.69 bits per heavy atom. The van der Waals surface area contributed by atoms with Gasteiger partial charge in [0.2, 0.25) is 0 Å². The highest BCUT2D eigenvalue weighted by atomic mass is 16.3. The van der Waals surface area contributed by atoms with E-state index in [0.717, 1.165) is 5.76 Å². The van der Waals surface area contributed by atoms with Gasteiger partial charge in [-0.15, -0.1) is 0 Å². The summed E-state index contributed by atoms with van der Waals surface area (Å²) < 4.78 is 5.00. The first-order valence-electron chi connectivity index (χ1n) is 3.59. The molecular formula is C7H11N5O. The Bertz CT molecular complexity index is 329. The van der Waals surface area contributed by atoms with Gasteiger partial charge >= 0.3 is 0 Å². The normalized spacial score (nSPS) is 9.31. The molecule has 13 heavy (non-hydrogen) atoms. The number of anilines is 1. The lowest BCUT2D eigenvalue weighted by atomic mass is 10.4. The van der Waals surface area contributed by atoms with Crippen LogP contribution in [-0.2, 0) is 0 Å². The predicted molar refractivity (Wildman–Crippen MR) is 49.8 cm³/mol. The zero-order valence-electron chi connectivity index (χ0n) is 7.14. The van der Waals surface area contributed by atoms with Crippen molar-refractivity contribution in [1.82, 2.24) is 5.32 Å². The highest BCUT2D eigenvalue weighted by Gasteiger charge is 2.00. The van der Waals surface area contributed by atoms with E-state index in [9.17, 15) is 0 Å². The van der Waals surface area contributed by atoms with Crippen LogP contribution in [-0.4, -0.2) is 11.9 Å². The van der Waals surface area contributed by atoms with Crippen LogP contribution < -0.4 is 16.4 Å². The van der Waals surface area contributed by atoms with E-state index < -0.39 is 0 Å². The van der Waals surface area contributed by atoms with Crippen LogP contribution in [0.1, 0.15) is 5.76 Å². The van der Waals surface area contributed by atoms with Gasteiger partial charge in [0, 0.05) is 6.07 Å². The fourth-order valence-electron chi connectivity index (χ4n) is 0.819. The van der Waals surface area contributed by atoms with Gasteiger partial charge in [-0.05, 0) is 6.92 Å². The summed E-state index contributed by atoms with van der Waals surface area (Å²) in [7, 11) is 0. The molecule has 0 fully saturated rings. The van der Waals surface area contributed by atoms with Gasteiger partial charge in [0.1, 0.15) is 12.0 Å². The third-order valence-corrected chi connectivity index (χ3v) is 1.26. The molecule has 1 aromatic heterocycles. The van der Waals surface area contributed by atoms with Crippen LogP contribution in [0, 0.1) is 17.7 Å². The van der Waals surface area contributed by atoms with Gasteiger partial charge < -0.3 is 15.5 Å². The Morgan fingerprint density at radius 1 is 1.54 bits per heavy atom. The first-order valence-corrected chi connectivity index (χ1v) is 3.59. The monoisotopic (exact) mass is 181 g/mol. The minimum atomic E-state index is -0.280. The average molecular weight is 181 g/mol. The molecule has 0 aliphatic carbocycles. The summed E-state index contributed by atoms with van der Waals surface area (Å²) in [5, 5.41) is 19.1. The van der Waals surface area contributed by atoms with Gasteiger partial charge in [0.15, 0.2) is 11.9 Å². The van der Waals surface area contributed by atoms with Crippen LogP contribution in [0.5, 0.6) is 0 Å². The van der Waals surface area contributed by atoms with Crippen molar-refractivity contribution in [3.8, 4) is 0 Å². The minimum Gasteiger partial charge on any atom is -0.467 e. The number of aryl methyl sites for hydroxylation is 1. The summed E-state index contributed by atoms with van der Waals surface area (Å²) in [4.78, 5) is 0. The van der Waals surface area contributed by atoms with E-state index in [1.54, 1.807) is 13.0 Å². The second kappa shape index (κ2) is 3.61. The molecule has 0 aliphatic rings. The summed E-state index contributed by atoms with van der Waals surface area (Å²) in [6, 6.07) is 1.73. The lowest BCUT2D eigenvalue weighted by molar-refractivity contribution is 0.535. The number of guanidine groups is 2. The van der Waals surface area contributed by atoms with Crippen LogP contribution >= 0.6 is 0 Å². The van der Waals surface area contributed by atoms with E-state index in [1.807, 2.05) is 0 Å². The first-order chi connectivity index (χ1) is 6.08. The van der Waals surface area contributed by atoms with Crippen LogP contribution in [0.15, 0.2) is 16.7 Å². The maximum absolute atomic E-state index is 7.28. The second-order valence-electron chi connectivity index (χ2n) is 2.48. The van der Waals surface area contributed by atoms with E-state index in [4.69, 9.17) is 21.0 Å². The van der Waals surface area contributed by atoms with Gasteiger partial charge in [-0.2, -0.15) is 0 Å². The van der Waals surface area contributed by atoms with E-state index in [1.165, 1.54) is 6.26 Å². The molecule has 0 bridgehead atoms. The largest absolute Gasteiger partial charge is 0.467 e. The van der Waals surface area contributed by atoms with Crippen molar-refractivity contribution in [3.05, 3.63) is 18.1 Å². The summed E-state index contributed by atoms with van der Waals surface area (Å²) in [6.07, 6.45) is 1.48. The third kappa shape index (κ3) is 2.86. The average Bonchev–Trinajstić information content (AvgIpc) is 2.33. The molecule has 1 rings (SSSR count). The topological polar surface area (TPSA) is 111 Å². The Balaban J connectivity index is 2.50. The molecule has 0 saturated carbocycles. The van der Waals surface area contributed by atoms with Crippen molar-refractivity contribution in [2.75, 3.05) is 5.32 Å². The first kappa shape index (κ1) is 9.11. The summed E-state index contributed by atoms with van der Waals surface area (Å²) in [6.45, 7) is 1.80. The molecule has 6 heteroatoms. The minimum absolute atomic E-state index is 0.0618. The number of nitrogens with one attached hydrogen (secondary N) is 4. The van der Waals surface area contributed by atoms with Gasteiger partial charge in [-0.1, -0.05) is 0 Å². The molecule has 0 radical (unpaired) electrons. The van der Waals surface area contributed by atoms with Crippen LogP contribution in [0.2, 0.25) is 0 Å². The highest BCUT2D eigenvalue weighted by Crippen LogP contribution is 2.10. The molecular weight excluding hydrogens is 170 g/mol. The van der Waals surface area contributed by atoms with Gasteiger partial charge in [-0.25, -0.2) is 0 Å². The predicted octanol–water partition coefficient (Wildman–Crippen LogP) is 0.418. The van der Waals surface area contributed by atoms with Crippen molar-refractivity contribution in [1.29, 1.82) is 10.8 Å². The standard InChI is InChI=1S/C7H11N5O/c1-4-2-5(3-13-4)11-7(10)12-6(8)9/h2-3H,1H3,(H6,8,9,10,11,12). The lowest BCUT2D eigenvalue weighted by Crippen LogP contribution is -2.39. The van der Waals surface area contributed by atoms with Crippen molar-refractivity contribution in [3.63, 3.8) is 0 Å². The zero-order chi connectivity index (χ0) is 9.84. The quantitative estimate of drug-likeness (QED) is 0.319. The molecule has 70 valence electrons. The van der Waals surface area contributed by atoms with Gasteiger partial charge in [0.05, 0.1) is 5.69 Å².